The molecule has 0 unspecified atom stereocenters. The van der Waals surface area contributed by atoms with E-state index < -0.39 is 34.9 Å². The molecule has 4 nitrogen and oxygen atoms in total. The molecule has 10 heteroatoms. The summed E-state index contributed by atoms with van der Waals surface area (Å²) in [5, 5.41) is 0.520. The van der Waals surface area contributed by atoms with Gasteiger partial charge in [-0.05, 0) is 30.3 Å². The molecule has 0 radical (unpaired) electrons. The predicted molar refractivity (Wildman–Crippen MR) is 107 cm³/mol. The number of alkyl halides is 3. The zero-order chi connectivity index (χ0) is 22.8. The number of piperazine rings is 1. The number of benzene rings is 2. The molecule has 0 saturated carbocycles. The lowest BCUT2D eigenvalue weighted by Crippen LogP contribution is -2.50. The van der Waals surface area contributed by atoms with Crippen molar-refractivity contribution in [3.63, 3.8) is 0 Å². The van der Waals surface area contributed by atoms with Crippen molar-refractivity contribution in [2.75, 3.05) is 26.2 Å². The Kier molecular flexibility index (Phi) is 6.77. The Balaban J connectivity index is 1.68. The molecule has 1 aliphatic heterocycles. The van der Waals surface area contributed by atoms with Gasteiger partial charge in [-0.25, -0.2) is 4.39 Å². The third-order valence-corrected chi connectivity index (χ3v) is 5.45. The van der Waals surface area contributed by atoms with E-state index >= 15 is 0 Å². The normalized spacial score (nSPS) is 14.1. The largest absolute Gasteiger partial charge is 0.417 e. The molecule has 0 bridgehead atoms. The van der Waals surface area contributed by atoms with Gasteiger partial charge in [0.2, 0.25) is 0 Å². The summed E-state index contributed by atoms with van der Waals surface area (Å²) in [4.78, 5) is 27.5. The molecule has 1 heterocycles. The summed E-state index contributed by atoms with van der Waals surface area (Å²) >= 11 is 11.9. The summed E-state index contributed by atoms with van der Waals surface area (Å²) in [6, 6.07) is 6.74. The Hall–Kier alpha value is -2.76. The van der Waals surface area contributed by atoms with Crippen LogP contribution in [-0.4, -0.2) is 47.8 Å². The molecule has 3 rings (SSSR count). The Bertz CT molecular complexity index is 1090. The molecule has 162 valence electrons. The van der Waals surface area contributed by atoms with E-state index in [2.05, 4.69) is 11.8 Å². The summed E-state index contributed by atoms with van der Waals surface area (Å²) in [5.41, 5.74) is -1.59. The van der Waals surface area contributed by atoms with Crippen LogP contribution in [0, 0.1) is 17.7 Å². The standard InChI is InChI=1S/C21H14Cl2F4N2O2/c22-17-3-1-2-13(19(17)23)4-7-18(30)28-8-10-29(11-9-28)20(31)15-6-5-14(24)12-16(15)21(25,26)27/h1-3,5-6,12H,8-11H2. The molecule has 1 aliphatic rings. The summed E-state index contributed by atoms with van der Waals surface area (Å²) in [6.45, 7) is 0.202. The summed E-state index contributed by atoms with van der Waals surface area (Å²) < 4.78 is 52.8. The van der Waals surface area contributed by atoms with Crippen molar-refractivity contribution >= 4 is 35.0 Å². The third kappa shape index (κ3) is 5.30. The first-order valence-corrected chi connectivity index (χ1v) is 9.74. The maximum Gasteiger partial charge on any atom is 0.417 e. The Morgan fingerprint density at radius 1 is 0.968 bits per heavy atom. The molecule has 0 aliphatic carbocycles. The molecule has 2 aromatic carbocycles. The number of nitrogens with zero attached hydrogens (tertiary/aromatic N) is 2. The van der Waals surface area contributed by atoms with E-state index in [-0.39, 0.29) is 31.2 Å². The highest BCUT2D eigenvalue weighted by molar-refractivity contribution is 6.42. The number of hydrogen-bond acceptors (Lipinski definition) is 2. The monoisotopic (exact) mass is 472 g/mol. The fourth-order valence-corrected chi connectivity index (χ4v) is 3.37. The quantitative estimate of drug-likeness (QED) is 0.453. The van der Waals surface area contributed by atoms with Crippen LogP contribution < -0.4 is 0 Å². The molecule has 0 N–H and O–H groups in total. The highest BCUT2D eigenvalue weighted by atomic mass is 35.5. The second-order valence-electron chi connectivity index (χ2n) is 6.62. The number of hydrogen-bond donors (Lipinski definition) is 0. The van der Waals surface area contributed by atoms with Gasteiger partial charge in [-0.15, -0.1) is 0 Å². The molecular weight excluding hydrogens is 459 g/mol. The van der Waals surface area contributed by atoms with Gasteiger partial charge < -0.3 is 9.80 Å². The molecule has 2 amide bonds. The van der Waals surface area contributed by atoms with Gasteiger partial charge in [-0.2, -0.15) is 13.2 Å². The Morgan fingerprint density at radius 3 is 2.26 bits per heavy atom. The topological polar surface area (TPSA) is 40.6 Å². The Labute approximate surface area is 185 Å². The van der Waals surface area contributed by atoms with Gasteiger partial charge in [-0.3, -0.25) is 9.59 Å². The molecule has 1 fully saturated rings. The van der Waals surface area contributed by atoms with Crippen LogP contribution in [0.2, 0.25) is 10.0 Å². The number of rotatable bonds is 1. The van der Waals surface area contributed by atoms with Crippen LogP contribution in [0.5, 0.6) is 0 Å². The van der Waals surface area contributed by atoms with Crippen molar-refractivity contribution in [2.24, 2.45) is 0 Å². The minimum Gasteiger partial charge on any atom is -0.335 e. The zero-order valence-corrected chi connectivity index (χ0v) is 17.3. The third-order valence-electron chi connectivity index (χ3n) is 4.63. The van der Waals surface area contributed by atoms with Gasteiger partial charge in [0, 0.05) is 37.7 Å². The van der Waals surface area contributed by atoms with Crippen LogP contribution in [0.25, 0.3) is 0 Å². The fourth-order valence-electron chi connectivity index (χ4n) is 3.02. The van der Waals surface area contributed by atoms with Gasteiger partial charge in [0.05, 0.1) is 21.2 Å². The van der Waals surface area contributed by atoms with Gasteiger partial charge in [0.1, 0.15) is 5.82 Å². The van der Waals surface area contributed by atoms with Gasteiger partial charge in [0.15, 0.2) is 0 Å². The van der Waals surface area contributed by atoms with E-state index in [0.717, 1.165) is 12.1 Å². The van der Waals surface area contributed by atoms with E-state index in [1.54, 1.807) is 18.2 Å². The summed E-state index contributed by atoms with van der Waals surface area (Å²) in [5.74, 6) is 2.61. The maximum absolute atomic E-state index is 13.3. The smallest absolute Gasteiger partial charge is 0.335 e. The van der Waals surface area contributed by atoms with E-state index in [1.807, 2.05) is 0 Å². The van der Waals surface area contributed by atoms with Gasteiger partial charge >= 0.3 is 6.18 Å². The van der Waals surface area contributed by atoms with Crippen molar-refractivity contribution in [1.29, 1.82) is 0 Å². The number of carbonyl (C=O) groups is 2. The SMILES string of the molecule is O=C(C#Cc1cccc(Cl)c1Cl)N1CCN(C(=O)c2ccc(F)cc2C(F)(F)F)CC1. The van der Waals surface area contributed by atoms with Crippen molar-refractivity contribution in [3.05, 3.63) is 69.0 Å². The summed E-state index contributed by atoms with van der Waals surface area (Å²) in [7, 11) is 0. The Morgan fingerprint density at radius 2 is 1.61 bits per heavy atom. The lowest BCUT2D eigenvalue weighted by atomic mass is 10.0. The first kappa shape index (κ1) is 22.9. The maximum atomic E-state index is 13.3. The average Bonchev–Trinajstić information content (AvgIpc) is 2.73. The first-order chi connectivity index (χ1) is 14.6. The van der Waals surface area contributed by atoms with E-state index in [1.165, 1.54) is 9.80 Å². The minimum atomic E-state index is -4.87. The average molecular weight is 473 g/mol. The summed E-state index contributed by atoms with van der Waals surface area (Å²) in [6.07, 6.45) is -4.87. The van der Waals surface area contributed by atoms with Gasteiger partial charge in [0.25, 0.3) is 11.8 Å². The zero-order valence-electron chi connectivity index (χ0n) is 15.8. The molecule has 2 aromatic rings. The lowest BCUT2D eigenvalue weighted by Gasteiger charge is -2.34. The second kappa shape index (κ2) is 9.16. The molecule has 1 saturated heterocycles. The van der Waals surface area contributed by atoms with Crippen LogP contribution in [0.4, 0.5) is 17.6 Å². The predicted octanol–water partition coefficient (Wildman–Crippen LogP) is 4.49. The van der Waals surface area contributed by atoms with Crippen LogP contribution in [-0.2, 0) is 11.0 Å². The first-order valence-electron chi connectivity index (χ1n) is 8.99. The molecule has 0 aromatic heterocycles. The molecule has 0 spiro atoms. The van der Waals surface area contributed by atoms with Crippen LogP contribution in [0.3, 0.4) is 0 Å². The fraction of sp³-hybridized carbons (Fsp3) is 0.238. The van der Waals surface area contributed by atoms with E-state index in [0.29, 0.717) is 16.7 Å². The van der Waals surface area contributed by atoms with Crippen LogP contribution in [0.15, 0.2) is 36.4 Å². The van der Waals surface area contributed by atoms with E-state index in [9.17, 15) is 27.2 Å². The number of carbonyl (C=O) groups excluding carboxylic acids is 2. The van der Waals surface area contributed by atoms with E-state index in [4.69, 9.17) is 23.2 Å². The molecule has 0 atom stereocenters. The number of halogens is 6. The molecular formula is C21H14Cl2F4N2O2. The van der Waals surface area contributed by atoms with Crippen LogP contribution >= 0.6 is 23.2 Å². The minimum absolute atomic E-state index is 0.0127. The van der Waals surface area contributed by atoms with Crippen molar-refractivity contribution in [3.8, 4) is 11.8 Å². The highest BCUT2D eigenvalue weighted by Crippen LogP contribution is 2.33. The van der Waals surface area contributed by atoms with Gasteiger partial charge in [-0.1, -0.05) is 35.2 Å². The lowest BCUT2D eigenvalue weighted by molar-refractivity contribution is -0.138. The number of amides is 2. The van der Waals surface area contributed by atoms with Crippen molar-refractivity contribution in [2.45, 2.75) is 6.18 Å². The second-order valence-corrected chi connectivity index (χ2v) is 7.41. The van der Waals surface area contributed by atoms with Crippen molar-refractivity contribution in [1.82, 2.24) is 9.80 Å². The highest BCUT2D eigenvalue weighted by Gasteiger charge is 2.37. The van der Waals surface area contributed by atoms with Crippen LogP contribution in [0.1, 0.15) is 21.5 Å². The van der Waals surface area contributed by atoms with Crippen molar-refractivity contribution < 1.29 is 27.2 Å². The molecule has 31 heavy (non-hydrogen) atoms.